The molecular weight excluding hydrogens is 378 g/mol. The molecule has 0 aliphatic rings. The van der Waals surface area contributed by atoms with Gasteiger partial charge in [0.05, 0.1) is 5.69 Å². The molecule has 148 valence electrons. The molecule has 4 aromatic carbocycles. The third kappa shape index (κ3) is 5.38. The topological polar surface area (TPSA) is 29.1 Å². The molecule has 0 aromatic heterocycles. The maximum atomic E-state index is 12.9. The summed E-state index contributed by atoms with van der Waals surface area (Å²) in [4.78, 5) is 12.9. The third-order valence-corrected chi connectivity index (χ3v) is 4.73. The fourth-order valence-electron chi connectivity index (χ4n) is 3.13. The van der Waals surface area contributed by atoms with Crippen molar-refractivity contribution in [2.45, 2.75) is 0 Å². The van der Waals surface area contributed by atoms with Gasteiger partial charge in [-0.3, -0.25) is 4.79 Å². The van der Waals surface area contributed by atoms with Crippen LogP contribution in [0.4, 0.5) is 5.69 Å². The molecule has 0 fully saturated rings. The number of carbonyl (C=O) groups excluding carboxylic acids is 1. The molecule has 0 atom stereocenters. The second kappa shape index (κ2) is 9.91. The van der Waals surface area contributed by atoms with Crippen molar-refractivity contribution in [1.29, 1.82) is 0 Å². The lowest BCUT2D eigenvalue weighted by Gasteiger charge is -2.13. The van der Waals surface area contributed by atoms with Crippen LogP contribution < -0.4 is 5.32 Å². The summed E-state index contributed by atoms with van der Waals surface area (Å²) in [5.74, 6) is 6.40. The molecule has 0 aliphatic heterocycles. The predicted octanol–water partition coefficient (Wildman–Crippen LogP) is 6.42. The van der Waals surface area contributed by atoms with Crippen LogP contribution in [-0.4, -0.2) is 5.78 Å². The molecule has 0 spiro atoms. The number of hydrogen-bond donors (Lipinski definition) is 1. The molecule has 0 saturated carbocycles. The average molecular weight is 399 g/mol. The Labute approximate surface area is 182 Å². The first-order valence-electron chi connectivity index (χ1n) is 10.1. The molecule has 31 heavy (non-hydrogen) atoms. The molecule has 2 heteroatoms. The van der Waals surface area contributed by atoms with E-state index in [0.29, 0.717) is 5.56 Å². The molecular formula is C29H21NO. The second-order valence-electron chi connectivity index (χ2n) is 6.94. The summed E-state index contributed by atoms with van der Waals surface area (Å²) >= 11 is 0. The van der Waals surface area contributed by atoms with Crippen LogP contribution in [0.15, 0.2) is 121 Å². The summed E-state index contributed by atoms with van der Waals surface area (Å²) in [7, 11) is 0. The number of ketones is 1. The van der Waals surface area contributed by atoms with E-state index in [1.165, 1.54) is 0 Å². The van der Waals surface area contributed by atoms with Crippen molar-refractivity contribution in [1.82, 2.24) is 0 Å². The molecule has 1 N–H and O–H groups in total. The van der Waals surface area contributed by atoms with Gasteiger partial charge in [-0.2, -0.15) is 0 Å². The minimum absolute atomic E-state index is 0.0557. The summed E-state index contributed by atoms with van der Waals surface area (Å²) in [6.45, 7) is 0. The first-order valence-corrected chi connectivity index (χ1v) is 10.1. The van der Waals surface area contributed by atoms with Crippen molar-refractivity contribution >= 4 is 17.2 Å². The molecule has 0 heterocycles. The summed E-state index contributed by atoms with van der Waals surface area (Å²) in [6.07, 6.45) is 1.64. The third-order valence-electron chi connectivity index (χ3n) is 4.73. The van der Waals surface area contributed by atoms with Gasteiger partial charge in [0.25, 0.3) is 0 Å². The van der Waals surface area contributed by atoms with Crippen LogP contribution in [0.1, 0.15) is 27.0 Å². The number of rotatable bonds is 5. The zero-order chi connectivity index (χ0) is 21.3. The lowest BCUT2D eigenvalue weighted by molar-refractivity contribution is 0.104. The van der Waals surface area contributed by atoms with Gasteiger partial charge in [-0.1, -0.05) is 103 Å². The van der Waals surface area contributed by atoms with Crippen LogP contribution in [0.2, 0.25) is 0 Å². The average Bonchev–Trinajstić information content (AvgIpc) is 2.85. The highest BCUT2D eigenvalue weighted by molar-refractivity contribution is 6.09. The van der Waals surface area contributed by atoms with E-state index in [1.54, 1.807) is 6.08 Å². The first kappa shape index (κ1) is 19.9. The molecule has 4 rings (SSSR count). The fraction of sp³-hybridized carbons (Fsp3) is 0. The molecule has 0 saturated heterocycles. The minimum Gasteiger partial charge on any atom is -0.354 e. The van der Waals surface area contributed by atoms with Crippen LogP contribution in [0.5, 0.6) is 0 Å². The molecule has 0 aliphatic carbocycles. The number of allylic oxidation sites excluding steroid dienone is 1. The Balaban J connectivity index is 1.69. The van der Waals surface area contributed by atoms with Crippen LogP contribution in [0.25, 0.3) is 5.70 Å². The highest BCUT2D eigenvalue weighted by atomic mass is 16.1. The molecule has 2 nitrogen and oxygen atoms in total. The number of carbonyl (C=O) groups is 1. The Hall–Kier alpha value is -4.35. The quantitative estimate of drug-likeness (QED) is 0.238. The van der Waals surface area contributed by atoms with E-state index in [2.05, 4.69) is 17.2 Å². The monoisotopic (exact) mass is 399 g/mol. The Morgan fingerprint density at radius 2 is 1.16 bits per heavy atom. The molecule has 0 amide bonds. The van der Waals surface area contributed by atoms with Gasteiger partial charge in [0.2, 0.25) is 0 Å². The van der Waals surface area contributed by atoms with Crippen molar-refractivity contribution < 1.29 is 4.79 Å². The summed E-state index contributed by atoms with van der Waals surface area (Å²) < 4.78 is 0. The van der Waals surface area contributed by atoms with E-state index < -0.39 is 0 Å². The van der Waals surface area contributed by atoms with E-state index >= 15 is 0 Å². The van der Waals surface area contributed by atoms with Crippen LogP contribution in [0.3, 0.4) is 0 Å². The highest BCUT2D eigenvalue weighted by Gasteiger charge is 2.09. The van der Waals surface area contributed by atoms with Crippen LogP contribution in [0, 0.1) is 11.8 Å². The zero-order valence-corrected chi connectivity index (χ0v) is 17.0. The number of benzene rings is 4. The van der Waals surface area contributed by atoms with Gasteiger partial charge < -0.3 is 5.32 Å². The Morgan fingerprint density at radius 1 is 0.613 bits per heavy atom. The van der Waals surface area contributed by atoms with Crippen LogP contribution >= 0.6 is 0 Å². The van der Waals surface area contributed by atoms with E-state index in [-0.39, 0.29) is 5.78 Å². The number of anilines is 1. The van der Waals surface area contributed by atoms with Crippen molar-refractivity contribution in [3.63, 3.8) is 0 Å². The van der Waals surface area contributed by atoms with E-state index in [1.807, 2.05) is 115 Å². The Kier molecular flexibility index (Phi) is 6.38. The van der Waals surface area contributed by atoms with Crippen molar-refractivity contribution in [2.24, 2.45) is 0 Å². The smallest absolute Gasteiger partial charge is 0.187 e. The van der Waals surface area contributed by atoms with Gasteiger partial charge in [-0.05, 0) is 29.8 Å². The SMILES string of the molecule is O=C(/C=C(\Nc1ccccc1C#Cc1ccccc1)c1ccccc1)c1ccccc1. The normalized spacial score (nSPS) is 10.6. The largest absolute Gasteiger partial charge is 0.354 e. The van der Waals surface area contributed by atoms with Crippen molar-refractivity contribution in [2.75, 3.05) is 5.32 Å². The lowest BCUT2D eigenvalue weighted by atomic mass is 10.1. The first-order chi connectivity index (χ1) is 15.3. The lowest BCUT2D eigenvalue weighted by Crippen LogP contribution is -2.04. The van der Waals surface area contributed by atoms with Crippen LogP contribution in [-0.2, 0) is 0 Å². The fourth-order valence-corrected chi connectivity index (χ4v) is 3.13. The van der Waals surface area contributed by atoms with E-state index in [0.717, 1.165) is 28.1 Å². The summed E-state index contributed by atoms with van der Waals surface area (Å²) in [6, 6.07) is 36.9. The van der Waals surface area contributed by atoms with Crippen molar-refractivity contribution in [3.05, 3.63) is 144 Å². The molecule has 0 bridgehead atoms. The van der Waals surface area contributed by atoms with Gasteiger partial charge in [0, 0.05) is 28.5 Å². The Bertz CT molecular complexity index is 1250. The minimum atomic E-state index is -0.0557. The number of para-hydroxylation sites is 1. The highest BCUT2D eigenvalue weighted by Crippen LogP contribution is 2.22. The maximum Gasteiger partial charge on any atom is 0.187 e. The van der Waals surface area contributed by atoms with Gasteiger partial charge in [-0.15, -0.1) is 0 Å². The van der Waals surface area contributed by atoms with Crippen molar-refractivity contribution in [3.8, 4) is 11.8 Å². The standard InChI is InChI=1S/C29H21NO/c31-29(26-17-8-3-9-18-26)22-28(24-14-6-2-7-15-24)30-27-19-11-10-16-25(27)21-20-23-12-4-1-5-13-23/h1-19,22,30H/b28-22-. The summed E-state index contributed by atoms with van der Waals surface area (Å²) in [5, 5.41) is 3.44. The van der Waals surface area contributed by atoms with Gasteiger partial charge in [0.1, 0.15) is 0 Å². The number of nitrogens with one attached hydrogen (secondary N) is 1. The molecule has 4 aromatic rings. The number of hydrogen-bond acceptors (Lipinski definition) is 2. The second-order valence-corrected chi connectivity index (χ2v) is 6.94. The van der Waals surface area contributed by atoms with Gasteiger partial charge >= 0.3 is 0 Å². The molecule has 0 unspecified atom stereocenters. The van der Waals surface area contributed by atoms with E-state index in [4.69, 9.17) is 0 Å². The van der Waals surface area contributed by atoms with E-state index in [9.17, 15) is 4.79 Å². The van der Waals surface area contributed by atoms with Gasteiger partial charge in [-0.25, -0.2) is 0 Å². The predicted molar refractivity (Wildman–Crippen MR) is 128 cm³/mol. The summed E-state index contributed by atoms with van der Waals surface area (Å²) in [5.41, 5.74) is 4.97. The Morgan fingerprint density at radius 3 is 1.84 bits per heavy atom. The zero-order valence-electron chi connectivity index (χ0n) is 17.0. The maximum absolute atomic E-state index is 12.9. The molecule has 0 radical (unpaired) electrons. The van der Waals surface area contributed by atoms with Gasteiger partial charge in [0.15, 0.2) is 5.78 Å².